The molecule has 0 aliphatic rings. The summed E-state index contributed by atoms with van der Waals surface area (Å²) < 4.78 is 53.3. The second kappa shape index (κ2) is 10.8. The molecular weight excluding hydrogens is 499 g/mol. The molecule has 0 unspecified atom stereocenters. The van der Waals surface area contributed by atoms with E-state index in [1.165, 1.54) is 24.4 Å². The molecule has 0 amide bonds. The number of ether oxygens (including phenoxy) is 2. The number of halogens is 3. The van der Waals surface area contributed by atoms with Crippen molar-refractivity contribution in [3.05, 3.63) is 112 Å². The lowest BCUT2D eigenvalue weighted by Crippen LogP contribution is -2.17. The minimum absolute atomic E-state index is 0.0284. The van der Waals surface area contributed by atoms with Gasteiger partial charge in [0.15, 0.2) is 5.75 Å². The van der Waals surface area contributed by atoms with Crippen LogP contribution in [-0.4, -0.2) is 15.6 Å². The Kier molecular flexibility index (Phi) is 7.57. The Bertz CT molecular complexity index is 1540. The van der Waals surface area contributed by atoms with Crippen molar-refractivity contribution in [2.45, 2.75) is 32.9 Å². The van der Waals surface area contributed by atoms with Crippen molar-refractivity contribution in [1.29, 1.82) is 0 Å². The number of hydrogen-bond donors (Lipinski definition) is 1. The maximum atomic E-state index is 13.4. The second-order valence-electron chi connectivity index (χ2n) is 8.76. The molecule has 4 rings (SSSR count). The molecule has 0 saturated carbocycles. The van der Waals surface area contributed by atoms with Gasteiger partial charge in [0, 0.05) is 24.8 Å². The van der Waals surface area contributed by atoms with Crippen LogP contribution in [-0.2, 0) is 17.4 Å². The number of aliphatic carboxylic acids is 1. The lowest BCUT2D eigenvalue weighted by atomic mass is 10.0. The highest BCUT2D eigenvalue weighted by Crippen LogP contribution is 2.37. The Morgan fingerprint density at radius 1 is 0.895 bits per heavy atom. The zero-order valence-electron chi connectivity index (χ0n) is 20.6. The Balaban J connectivity index is 1.64. The third-order valence-corrected chi connectivity index (χ3v) is 5.78. The monoisotopic (exact) mass is 523 g/mol. The zero-order valence-corrected chi connectivity index (χ0v) is 20.6. The van der Waals surface area contributed by atoms with Crippen LogP contribution >= 0.6 is 0 Å². The summed E-state index contributed by atoms with van der Waals surface area (Å²) in [5, 5.41) is 8.91. The third kappa shape index (κ3) is 6.42. The van der Waals surface area contributed by atoms with Crippen LogP contribution in [0.5, 0.6) is 23.0 Å². The minimum Gasteiger partial charge on any atom is -0.481 e. The molecule has 38 heavy (non-hydrogen) atoms. The van der Waals surface area contributed by atoms with Crippen LogP contribution in [0.2, 0.25) is 0 Å². The molecule has 0 atom stereocenters. The molecular formula is C29H24F3NO5. The Morgan fingerprint density at radius 3 is 2.29 bits per heavy atom. The van der Waals surface area contributed by atoms with Crippen LogP contribution < -0.4 is 15.0 Å². The van der Waals surface area contributed by atoms with Gasteiger partial charge in [-0.1, -0.05) is 12.1 Å². The van der Waals surface area contributed by atoms with Gasteiger partial charge in [0.1, 0.15) is 17.2 Å². The predicted molar refractivity (Wildman–Crippen MR) is 136 cm³/mol. The molecule has 0 bridgehead atoms. The largest absolute Gasteiger partial charge is 0.481 e. The van der Waals surface area contributed by atoms with E-state index in [0.29, 0.717) is 23.7 Å². The number of rotatable bonds is 8. The van der Waals surface area contributed by atoms with Gasteiger partial charge in [-0.25, -0.2) is 0 Å². The van der Waals surface area contributed by atoms with E-state index in [0.717, 1.165) is 33.4 Å². The van der Waals surface area contributed by atoms with Crippen LogP contribution in [0, 0.1) is 13.8 Å². The normalized spacial score (nSPS) is 11.3. The van der Waals surface area contributed by atoms with E-state index in [1.807, 2.05) is 19.9 Å². The SMILES string of the molecule is Cc1cc(Oc2ccc(CCC(=O)O)c(C)c2)cc(Oc2ccc(C(F)(F)F)cc2-n2ccccc2=O)c1. The van der Waals surface area contributed by atoms with Gasteiger partial charge in [0.2, 0.25) is 0 Å². The highest BCUT2D eigenvalue weighted by atomic mass is 19.4. The predicted octanol–water partition coefficient (Wildman–Crippen LogP) is 7.07. The molecule has 4 aromatic rings. The van der Waals surface area contributed by atoms with E-state index in [9.17, 15) is 22.8 Å². The van der Waals surface area contributed by atoms with Crippen LogP contribution in [0.25, 0.3) is 5.69 Å². The first-order chi connectivity index (χ1) is 18.0. The van der Waals surface area contributed by atoms with Crippen LogP contribution in [0.3, 0.4) is 0 Å². The molecule has 1 N–H and O–H groups in total. The fourth-order valence-electron chi connectivity index (χ4n) is 3.94. The maximum Gasteiger partial charge on any atom is 0.416 e. The molecule has 6 nitrogen and oxygen atoms in total. The fourth-order valence-corrected chi connectivity index (χ4v) is 3.94. The summed E-state index contributed by atoms with van der Waals surface area (Å²) in [6, 6.07) is 17.7. The Labute approximate surface area is 216 Å². The van der Waals surface area contributed by atoms with Crippen LogP contribution in [0.4, 0.5) is 13.2 Å². The van der Waals surface area contributed by atoms with Crippen molar-refractivity contribution >= 4 is 5.97 Å². The van der Waals surface area contributed by atoms with E-state index in [2.05, 4.69) is 0 Å². The molecule has 0 saturated heterocycles. The van der Waals surface area contributed by atoms with E-state index in [-0.39, 0.29) is 17.9 Å². The summed E-state index contributed by atoms with van der Waals surface area (Å²) in [6.07, 6.45) is -2.79. The number of aromatic nitrogens is 1. The van der Waals surface area contributed by atoms with E-state index < -0.39 is 23.3 Å². The van der Waals surface area contributed by atoms with Crippen LogP contribution in [0.15, 0.2) is 83.8 Å². The molecule has 0 aliphatic carbocycles. The van der Waals surface area contributed by atoms with Gasteiger partial charge in [0.05, 0.1) is 11.3 Å². The number of carboxylic acid groups (broad SMARTS) is 1. The molecule has 1 aromatic heterocycles. The van der Waals surface area contributed by atoms with E-state index in [1.54, 1.807) is 36.4 Å². The van der Waals surface area contributed by atoms with Gasteiger partial charge in [-0.2, -0.15) is 13.2 Å². The van der Waals surface area contributed by atoms with Crippen molar-refractivity contribution in [2.24, 2.45) is 0 Å². The number of alkyl halides is 3. The molecule has 0 aliphatic heterocycles. The van der Waals surface area contributed by atoms with Crippen molar-refractivity contribution in [3.63, 3.8) is 0 Å². The highest BCUT2D eigenvalue weighted by Gasteiger charge is 2.31. The highest BCUT2D eigenvalue weighted by molar-refractivity contribution is 5.67. The fraction of sp³-hybridized carbons (Fsp3) is 0.172. The first-order valence-corrected chi connectivity index (χ1v) is 11.7. The number of aryl methyl sites for hydroxylation is 3. The number of pyridine rings is 1. The summed E-state index contributed by atoms with van der Waals surface area (Å²) >= 11 is 0. The van der Waals surface area contributed by atoms with Crippen molar-refractivity contribution in [3.8, 4) is 28.7 Å². The number of benzene rings is 3. The Hall–Kier alpha value is -4.53. The average molecular weight is 524 g/mol. The summed E-state index contributed by atoms with van der Waals surface area (Å²) in [5.74, 6) is 0.457. The van der Waals surface area contributed by atoms with Crippen LogP contribution in [0.1, 0.15) is 28.7 Å². The first kappa shape index (κ1) is 26.5. The van der Waals surface area contributed by atoms with Crippen molar-refractivity contribution in [2.75, 3.05) is 0 Å². The van der Waals surface area contributed by atoms with E-state index >= 15 is 0 Å². The molecule has 9 heteroatoms. The van der Waals surface area contributed by atoms with Crippen molar-refractivity contribution < 1.29 is 32.5 Å². The van der Waals surface area contributed by atoms with Gasteiger partial charge in [-0.3, -0.25) is 14.2 Å². The second-order valence-corrected chi connectivity index (χ2v) is 8.76. The molecule has 0 fully saturated rings. The number of nitrogens with zero attached hydrogens (tertiary/aromatic N) is 1. The topological polar surface area (TPSA) is 77.8 Å². The lowest BCUT2D eigenvalue weighted by molar-refractivity contribution is -0.138. The smallest absolute Gasteiger partial charge is 0.416 e. The molecule has 0 spiro atoms. The van der Waals surface area contributed by atoms with Gasteiger partial charge < -0.3 is 14.6 Å². The standard InChI is InChI=1S/C29H24F3NO5/c1-18-13-23(37-22-9-6-20(19(2)15-22)7-11-28(35)36)17-24(14-18)38-26-10-8-21(29(30,31)32)16-25(26)33-12-4-3-5-27(33)34/h3-6,8-10,12-17H,7,11H2,1-2H3,(H,35,36). The third-order valence-electron chi connectivity index (χ3n) is 5.78. The Morgan fingerprint density at radius 2 is 1.63 bits per heavy atom. The molecule has 0 radical (unpaired) electrons. The average Bonchev–Trinajstić information content (AvgIpc) is 2.83. The number of carbonyl (C=O) groups is 1. The maximum absolute atomic E-state index is 13.4. The first-order valence-electron chi connectivity index (χ1n) is 11.7. The molecule has 196 valence electrons. The van der Waals surface area contributed by atoms with Gasteiger partial charge >= 0.3 is 12.1 Å². The molecule has 3 aromatic carbocycles. The summed E-state index contributed by atoms with van der Waals surface area (Å²) in [5.41, 5.74) is 1.09. The lowest BCUT2D eigenvalue weighted by Gasteiger charge is -2.17. The number of hydrogen-bond acceptors (Lipinski definition) is 4. The minimum atomic E-state index is -4.60. The quantitative estimate of drug-likeness (QED) is 0.267. The van der Waals surface area contributed by atoms with Crippen molar-refractivity contribution in [1.82, 2.24) is 4.57 Å². The summed E-state index contributed by atoms with van der Waals surface area (Å²) in [4.78, 5) is 23.3. The summed E-state index contributed by atoms with van der Waals surface area (Å²) in [6.45, 7) is 3.68. The van der Waals surface area contributed by atoms with E-state index in [4.69, 9.17) is 14.6 Å². The van der Waals surface area contributed by atoms with Gasteiger partial charge in [0.25, 0.3) is 5.56 Å². The van der Waals surface area contributed by atoms with Gasteiger partial charge in [-0.15, -0.1) is 0 Å². The van der Waals surface area contributed by atoms with Gasteiger partial charge in [-0.05, 0) is 85.5 Å². The number of carboxylic acids is 1. The summed E-state index contributed by atoms with van der Waals surface area (Å²) in [7, 11) is 0. The molecule has 1 heterocycles. The zero-order chi connectivity index (χ0) is 27.4.